The highest BCUT2D eigenvalue weighted by molar-refractivity contribution is 7.92. The summed E-state index contributed by atoms with van der Waals surface area (Å²) in [6, 6.07) is 8.88. The molecule has 0 spiro atoms. The lowest BCUT2D eigenvalue weighted by Gasteiger charge is -2.08. The number of amides is 1. The van der Waals surface area contributed by atoms with Gasteiger partial charge in [0.2, 0.25) is 10.0 Å². The highest BCUT2D eigenvalue weighted by Gasteiger charge is 2.11. The van der Waals surface area contributed by atoms with E-state index in [1.54, 1.807) is 24.3 Å². The molecule has 8 heteroatoms. The zero-order chi connectivity index (χ0) is 18.7. The molecule has 1 rings (SSSR count). The quantitative estimate of drug-likeness (QED) is 0.606. The van der Waals surface area contributed by atoms with E-state index < -0.39 is 35.1 Å². The monoisotopic (exact) mass is 368 g/mol. The molecule has 0 unspecified atom stereocenters. The van der Waals surface area contributed by atoms with E-state index in [1.165, 1.54) is 6.08 Å². The van der Waals surface area contributed by atoms with Crippen LogP contribution in [0.2, 0.25) is 0 Å². The topological polar surface area (TPSA) is 102 Å². The van der Waals surface area contributed by atoms with Gasteiger partial charge >= 0.3 is 5.97 Å². The van der Waals surface area contributed by atoms with Crippen molar-refractivity contribution in [1.29, 1.82) is 0 Å². The Kier molecular flexibility index (Phi) is 8.87. The first-order chi connectivity index (χ1) is 11.8. The Hall–Kier alpha value is -2.19. The zero-order valence-electron chi connectivity index (χ0n) is 14.4. The molecule has 0 aliphatic carbocycles. The Morgan fingerprint density at radius 2 is 1.88 bits per heavy atom. The zero-order valence-corrected chi connectivity index (χ0v) is 15.2. The van der Waals surface area contributed by atoms with Crippen molar-refractivity contribution in [2.75, 3.05) is 19.7 Å². The molecule has 2 N–H and O–H groups in total. The molecule has 25 heavy (non-hydrogen) atoms. The standard InChI is InChI=1S/C17H24N2O5S/c1-14(2)8-10-18-16(20)13-24-17(21)12-19-25(22,23)11-9-15-6-4-3-5-7-15/h3-7,9,11,14,19H,8,10,12-13H2,1-2H3,(H,18,20)/b11-9+. The molecule has 138 valence electrons. The van der Waals surface area contributed by atoms with Gasteiger partial charge in [0.1, 0.15) is 6.54 Å². The van der Waals surface area contributed by atoms with Crippen LogP contribution in [-0.2, 0) is 24.3 Å². The van der Waals surface area contributed by atoms with Crippen molar-refractivity contribution in [2.24, 2.45) is 5.92 Å². The summed E-state index contributed by atoms with van der Waals surface area (Å²) in [4.78, 5) is 22.9. The van der Waals surface area contributed by atoms with Crippen molar-refractivity contribution in [3.05, 3.63) is 41.3 Å². The number of nitrogens with one attached hydrogen (secondary N) is 2. The Bertz CT molecular complexity index is 684. The Balaban J connectivity index is 2.30. The number of ether oxygens (including phenoxy) is 1. The summed E-state index contributed by atoms with van der Waals surface area (Å²) >= 11 is 0. The van der Waals surface area contributed by atoms with Crippen LogP contribution in [0.3, 0.4) is 0 Å². The number of esters is 1. The second kappa shape index (κ2) is 10.6. The number of hydrogen-bond acceptors (Lipinski definition) is 5. The van der Waals surface area contributed by atoms with Gasteiger partial charge in [-0.3, -0.25) is 9.59 Å². The van der Waals surface area contributed by atoms with Crippen LogP contribution in [0.15, 0.2) is 35.7 Å². The fraction of sp³-hybridized carbons (Fsp3) is 0.412. The van der Waals surface area contributed by atoms with E-state index >= 15 is 0 Å². The first-order valence-corrected chi connectivity index (χ1v) is 9.48. The molecule has 0 saturated carbocycles. The number of carbonyl (C=O) groups excluding carboxylic acids is 2. The van der Waals surface area contributed by atoms with Gasteiger partial charge in [0, 0.05) is 12.0 Å². The number of sulfonamides is 1. The number of carbonyl (C=O) groups is 2. The third-order valence-corrected chi connectivity index (χ3v) is 4.11. The van der Waals surface area contributed by atoms with E-state index in [9.17, 15) is 18.0 Å². The predicted octanol–water partition coefficient (Wildman–Crippen LogP) is 1.28. The normalized spacial score (nSPS) is 11.6. The average molecular weight is 368 g/mol. The smallest absolute Gasteiger partial charge is 0.321 e. The van der Waals surface area contributed by atoms with Gasteiger partial charge in [-0.2, -0.15) is 0 Å². The lowest BCUT2D eigenvalue weighted by Crippen LogP contribution is -2.33. The first kappa shape index (κ1) is 20.9. The van der Waals surface area contributed by atoms with Crippen LogP contribution in [0.1, 0.15) is 25.8 Å². The van der Waals surface area contributed by atoms with Crippen LogP contribution >= 0.6 is 0 Å². The third-order valence-electron chi connectivity index (χ3n) is 3.07. The molecular formula is C17H24N2O5S. The molecule has 1 aromatic carbocycles. The fourth-order valence-corrected chi connectivity index (χ4v) is 2.44. The van der Waals surface area contributed by atoms with E-state index in [-0.39, 0.29) is 0 Å². The maximum atomic E-state index is 11.8. The van der Waals surface area contributed by atoms with Crippen molar-refractivity contribution in [3.8, 4) is 0 Å². The Morgan fingerprint density at radius 3 is 2.52 bits per heavy atom. The molecule has 0 aromatic heterocycles. The summed E-state index contributed by atoms with van der Waals surface area (Å²) in [5.41, 5.74) is 0.716. The maximum absolute atomic E-state index is 11.8. The molecule has 0 fully saturated rings. The minimum absolute atomic E-state index is 0.416. The van der Waals surface area contributed by atoms with Crippen LogP contribution in [0.25, 0.3) is 6.08 Å². The summed E-state index contributed by atoms with van der Waals surface area (Å²) in [7, 11) is -3.77. The van der Waals surface area contributed by atoms with E-state index in [0.29, 0.717) is 18.0 Å². The van der Waals surface area contributed by atoms with Gasteiger partial charge in [-0.25, -0.2) is 13.1 Å². The third kappa shape index (κ3) is 10.3. The summed E-state index contributed by atoms with van der Waals surface area (Å²) in [6.07, 6.45) is 2.24. The molecule has 1 amide bonds. The summed E-state index contributed by atoms with van der Waals surface area (Å²) in [5, 5.41) is 3.58. The van der Waals surface area contributed by atoms with E-state index in [0.717, 1.165) is 11.8 Å². The second-order valence-electron chi connectivity index (χ2n) is 5.77. The molecule has 0 saturated heterocycles. The van der Waals surface area contributed by atoms with Gasteiger partial charge in [0.25, 0.3) is 5.91 Å². The highest BCUT2D eigenvalue weighted by Crippen LogP contribution is 2.02. The molecule has 0 heterocycles. The lowest BCUT2D eigenvalue weighted by molar-refractivity contribution is -0.147. The minimum Gasteiger partial charge on any atom is -0.455 e. The van der Waals surface area contributed by atoms with Crippen molar-refractivity contribution in [3.63, 3.8) is 0 Å². The van der Waals surface area contributed by atoms with Gasteiger partial charge in [-0.15, -0.1) is 0 Å². The molecular weight excluding hydrogens is 344 g/mol. The molecule has 0 radical (unpaired) electrons. The molecule has 0 atom stereocenters. The van der Waals surface area contributed by atoms with Gasteiger partial charge in [0.15, 0.2) is 6.61 Å². The van der Waals surface area contributed by atoms with Crippen molar-refractivity contribution in [1.82, 2.24) is 10.0 Å². The van der Waals surface area contributed by atoms with Crippen LogP contribution in [0.5, 0.6) is 0 Å². The summed E-state index contributed by atoms with van der Waals surface area (Å²) in [6.45, 7) is 3.60. The maximum Gasteiger partial charge on any atom is 0.321 e. The van der Waals surface area contributed by atoms with Crippen LogP contribution in [-0.4, -0.2) is 40.0 Å². The molecule has 0 bridgehead atoms. The van der Waals surface area contributed by atoms with Crippen LogP contribution in [0, 0.1) is 5.92 Å². The van der Waals surface area contributed by atoms with Crippen LogP contribution in [0.4, 0.5) is 0 Å². The van der Waals surface area contributed by atoms with Gasteiger partial charge < -0.3 is 10.1 Å². The summed E-state index contributed by atoms with van der Waals surface area (Å²) < 4.78 is 30.3. The average Bonchev–Trinajstić information content (AvgIpc) is 2.57. The fourth-order valence-electron chi connectivity index (χ4n) is 1.69. The Labute approximate surface area is 148 Å². The van der Waals surface area contributed by atoms with E-state index in [2.05, 4.69) is 10.0 Å². The Morgan fingerprint density at radius 1 is 1.20 bits per heavy atom. The molecule has 0 aliphatic rings. The van der Waals surface area contributed by atoms with E-state index in [4.69, 9.17) is 4.74 Å². The molecule has 0 aliphatic heterocycles. The van der Waals surface area contributed by atoms with Crippen molar-refractivity contribution < 1.29 is 22.7 Å². The SMILES string of the molecule is CC(C)CCNC(=O)COC(=O)CNS(=O)(=O)/C=C/c1ccccc1. The predicted molar refractivity (Wildman–Crippen MR) is 95.8 cm³/mol. The molecule has 1 aromatic rings. The molecule has 7 nitrogen and oxygen atoms in total. The number of rotatable bonds is 10. The van der Waals surface area contributed by atoms with Crippen molar-refractivity contribution in [2.45, 2.75) is 20.3 Å². The van der Waals surface area contributed by atoms with Crippen LogP contribution < -0.4 is 10.0 Å². The second-order valence-corrected chi connectivity index (χ2v) is 7.42. The first-order valence-electron chi connectivity index (χ1n) is 7.93. The van der Waals surface area contributed by atoms with Gasteiger partial charge in [-0.05, 0) is 24.0 Å². The minimum atomic E-state index is -3.77. The van der Waals surface area contributed by atoms with Gasteiger partial charge in [-0.1, -0.05) is 44.2 Å². The largest absolute Gasteiger partial charge is 0.455 e. The number of hydrogen-bond donors (Lipinski definition) is 2. The van der Waals surface area contributed by atoms with Crippen molar-refractivity contribution >= 4 is 28.0 Å². The lowest BCUT2D eigenvalue weighted by atomic mass is 10.1. The van der Waals surface area contributed by atoms with E-state index in [1.807, 2.05) is 19.9 Å². The highest BCUT2D eigenvalue weighted by atomic mass is 32.2. The summed E-state index contributed by atoms with van der Waals surface area (Å²) in [5.74, 6) is -0.780. The van der Waals surface area contributed by atoms with Gasteiger partial charge in [0.05, 0.1) is 0 Å². The number of benzene rings is 1.